The van der Waals surface area contributed by atoms with Crippen LogP contribution in [0.3, 0.4) is 0 Å². The molecule has 0 amide bonds. The molecule has 0 atom stereocenters. The first-order chi connectivity index (χ1) is 10.2. The van der Waals surface area contributed by atoms with E-state index < -0.39 is 0 Å². The van der Waals surface area contributed by atoms with Gasteiger partial charge in [0.2, 0.25) is 0 Å². The van der Waals surface area contributed by atoms with Crippen molar-refractivity contribution in [2.24, 2.45) is 5.10 Å². The number of pyridine rings is 1. The third-order valence-electron chi connectivity index (χ3n) is 3.27. The van der Waals surface area contributed by atoms with Gasteiger partial charge in [-0.15, -0.1) is 0 Å². The Bertz CT molecular complexity index is 791. The van der Waals surface area contributed by atoms with Gasteiger partial charge in [-0.3, -0.25) is 5.43 Å². The van der Waals surface area contributed by atoms with E-state index in [2.05, 4.69) is 15.5 Å². The summed E-state index contributed by atoms with van der Waals surface area (Å²) in [7, 11) is 0. The largest absolute Gasteiger partial charge is 0.399 e. The zero-order valence-electron chi connectivity index (χ0n) is 11.7. The molecule has 1 aromatic heterocycles. The van der Waals surface area contributed by atoms with E-state index in [1.54, 1.807) is 0 Å². The highest BCUT2D eigenvalue weighted by atomic mass is 15.3. The van der Waals surface area contributed by atoms with Gasteiger partial charge >= 0.3 is 0 Å². The molecular weight excluding hydrogens is 260 g/mol. The number of anilines is 2. The Labute approximate surface area is 123 Å². The monoisotopic (exact) mass is 276 g/mol. The van der Waals surface area contributed by atoms with Crippen molar-refractivity contribution in [1.29, 1.82) is 0 Å². The molecule has 0 aliphatic rings. The third-order valence-corrected chi connectivity index (χ3v) is 3.27. The summed E-state index contributed by atoms with van der Waals surface area (Å²) in [5.74, 6) is 0.725. The number of benzene rings is 2. The zero-order valence-corrected chi connectivity index (χ0v) is 11.7. The Morgan fingerprint density at radius 1 is 1.00 bits per heavy atom. The van der Waals surface area contributed by atoms with E-state index in [1.165, 1.54) is 0 Å². The molecule has 0 fully saturated rings. The van der Waals surface area contributed by atoms with Gasteiger partial charge in [-0.25, -0.2) is 4.98 Å². The molecular formula is C17H16N4. The number of hydrogen-bond donors (Lipinski definition) is 2. The van der Waals surface area contributed by atoms with Gasteiger partial charge in [0.25, 0.3) is 0 Å². The second kappa shape index (κ2) is 5.63. The van der Waals surface area contributed by atoms with Gasteiger partial charge in [0.15, 0.2) is 0 Å². The maximum absolute atomic E-state index is 5.68. The van der Waals surface area contributed by atoms with Gasteiger partial charge in [-0.05, 0) is 42.8 Å². The number of hydrogen-bond acceptors (Lipinski definition) is 4. The summed E-state index contributed by atoms with van der Waals surface area (Å²) < 4.78 is 0. The van der Waals surface area contributed by atoms with E-state index >= 15 is 0 Å². The Hall–Kier alpha value is -2.88. The van der Waals surface area contributed by atoms with Crippen molar-refractivity contribution in [3.05, 3.63) is 66.2 Å². The van der Waals surface area contributed by atoms with Crippen molar-refractivity contribution in [3.63, 3.8) is 0 Å². The first kappa shape index (κ1) is 13.1. The lowest BCUT2D eigenvalue weighted by molar-refractivity contribution is 1.25. The van der Waals surface area contributed by atoms with Crippen molar-refractivity contribution < 1.29 is 0 Å². The zero-order chi connectivity index (χ0) is 14.7. The average Bonchev–Trinajstić information content (AvgIpc) is 2.53. The first-order valence-electron chi connectivity index (χ1n) is 6.74. The van der Waals surface area contributed by atoms with E-state index in [9.17, 15) is 0 Å². The lowest BCUT2D eigenvalue weighted by Crippen LogP contribution is -2.01. The number of nitrogens with one attached hydrogen (secondary N) is 1. The molecule has 3 rings (SSSR count). The van der Waals surface area contributed by atoms with Gasteiger partial charge in [0.05, 0.1) is 11.2 Å². The highest BCUT2D eigenvalue weighted by Crippen LogP contribution is 2.14. The number of fused-ring (bicyclic) bond motifs is 1. The summed E-state index contributed by atoms with van der Waals surface area (Å²) in [6.45, 7) is 1.94. The molecule has 3 aromatic rings. The quantitative estimate of drug-likeness (QED) is 0.436. The van der Waals surface area contributed by atoms with E-state index in [0.29, 0.717) is 0 Å². The van der Waals surface area contributed by atoms with Gasteiger partial charge in [0.1, 0.15) is 5.82 Å². The number of para-hydroxylation sites is 1. The number of aromatic nitrogens is 1. The van der Waals surface area contributed by atoms with Crippen LogP contribution < -0.4 is 11.2 Å². The molecule has 2 aromatic carbocycles. The highest BCUT2D eigenvalue weighted by Gasteiger charge is 1.99. The molecule has 0 unspecified atom stereocenters. The molecule has 0 spiro atoms. The van der Waals surface area contributed by atoms with Gasteiger partial charge in [-0.2, -0.15) is 5.10 Å². The van der Waals surface area contributed by atoms with Crippen molar-refractivity contribution in [2.45, 2.75) is 6.92 Å². The van der Waals surface area contributed by atoms with Crippen molar-refractivity contribution >= 4 is 28.1 Å². The van der Waals surface area contributed by atoms with Crippen molar-refractivity contribution in [2.75, 3.05) is 11.2 Å². The second-order valence-corrected chi connectivity index (χ2v) is 4.82. The van der Waals surface area contributed by atoms with E-state index in [-0.39, 0.29) is 0 Å². The van der Waals surface area contributed by atoms with Crippen LogP contribution in [-0.2, 0) is 0 Å². The number of nitrogens with two attached hydrogens (primary N) is 1. The number of rotatable bonds is 3. The molecule has 21 heavy (non-hydrogen) atoms. The number of nitrogen functional groups attached to an aromatic ring is 1. The van der Waals surface area contributed by atoms with Crippen LogP contribution in [0, 0.1) is 0 Å². The van der Waals surface area contributed by atoms with Gasteiger partial charge in [-0.1, -0.05) is 30.3 Å². The molecule has 0 aliphatic heterocycles. The molecule has 3 N–H and O–H groups in total. The molecule has 0 saturated heterocycles. The molecule has 0 bridgehead atoms. The van der Waals surface area contributed by atoms with Crippen LogP contribution in [0.15, 0.2) is 65.8 Å². The fourth-order valence-corrected chi connectivity index (χ4v) is 2.06. The summed E-state index contributed by atoms with van der Waals surface area (Å²) >= 11 is 0. The lowest BCUT2D eigenvalue weighted by atomic mass is 10.1. The fraction of sp³-hybridized carbons (Fsp3) is 0.0588. The molecule has 4 nitrogen and oxygen atoms in total. The van der Waals surface area contributed by atoms with E-state index in [1.807, 2.05) is 67.6 Å². The molecule has 104 valence electrons. The minimum absolute atomic E-state index is 0.725. The van der Waals surface area contributed by atoms with E-state index in [0.717, 1.165) is 33.7 Å². The van der Waals surface area contributed by atoms with Gasteiger partial charge in [0, 0.05) is 11.1 Å². The molecule has 4 heteroatoms. The average molecular weight is 276 g/mol. The van der Waals surface area contributed by atoms with Gasteiger partial charge < -0.3 is 5.73 Å². The maximum Gasteiger partial charge on any atom is 0.146 e. The molecule has 0 saturated carbocycles. The first-order valence-corrected chi connectivity index (χ1v) is 6.74. The summed E-state index contributed by atoms with van der Waals surface area (Å²) in [5.41, 5.74) is 12.3. The summed E-state index contributed by atoms with van der Waals surface area (Å²) in [6, 6.07) is 19.6. The van der Waals surface area contributed by atoms with Crippen LogP contribution in [0.5, 0.6) is 0 Å². The minimum Gasteiger partial charge on any atom is -0.399 e. The predicted molar refractivity (Wildman–Crippen MR) is 88.4 cm³/mol. The Balaban J connectivity index is 1.81. The maximum atomic E-state index is 5.68. The van der Waals surface area contributed by atoms with Crippen molar-refractivity contribution in [1.82, 2.24) is 4.98 Å². The van der Waals surface area contributed by atoms with Crippen molar-refractivity contribution in [3.8, 4) is 0 Å². The normalized spacial score (nSPS) is 11.6. The van der Waals surface area contributed by atoms with Crippen LogP contribution in [-0.4, -0.2) is 10.7 Å². The topological polar surface area (TPSA) is 63.3 Å². The van der Waals surface area contributed by atoms with Crippen LogP contribution in [0.2, 0.25) is 0 Å². The number of nitrogens with zero attached hydrogens (tertiary/aromatic N) is 2. The molecule has 0 radical (unpaired) electrons. The van der Waals surface area contributed by atoms with Crippen LogP contribution in [0.4, 0.5) is 11.5 Å². The summed E-state index contributed by atoms with van der Waals surface area (Å²) in [4.78, 5) is 4.52. The predicted octanol–water partition coefficient (Wildman–Crippen LogP) is 3.65. The summed E-state index contributed by atoms with van der Waals surface area (Å²) in [5, 5.41) is 5.48. The van der Waals surface area contributed by atoms with Crippen LogP contribution in [0.25, 0.3) is 10.9 Å². The Morgan fingerprint density at radius 3 is 2.57 bits per heavy atom. The molecule has 0 aliphatic carbocycles. The summed E-state index contributed by atoms with van der Waals surface area (Å²) in [6.07, 6.45) is 0. The standard InChI is InChI=1S/C17H16N4/c1-12(13-6-9-15(18)10-7-13)20-21-17-11-8-14-4-2-3-5-16(14)19-17/h2-11H,18H2,1H3,(H,19,21)/b20-12+. The highest BCUT2D eigenvalue weighted by molar-refractivity contribution is 5.99. The number of hydrazone groups is 1. The SMILES string of the molecule is C/C(=N\Nc1ccc2ccccc2n1)c1ccc(N)cc1. The minimum atomic E-state index is 0.725. The smallest absolute Gasteiger partial charge is 0.146 e. The Morgan fingerprint density at radius 2 is 1.76 bits per heavy atom. The third kappa shape index (κ3) is 3.00. The second-order valence-electron chi connectivity index (χ2n) is 4.82. The molecule has 1 heterocycles. The lowest BCUT2D eigenvalue weighted by Gasteiger charge is -2.04. The van der Waals surface area contributed by atoms with Crippen LogP contribution >= 0.6 is 0 Å². The van der Waals surface area contributed by atoms with E-state index in [4.69, 9.17) is 5.73 Å². The Kier molecular flexibility index (Phi) is 3.51. The van der Waals surface area contributed by atoms with Crippen LogP contribution in [0.1, 0.15) is 12.5 Å². The fourth-order valence-electron chi connectivity index (χ4n) is 2.06.